The van der Waals surface area contributed by atoms with Crippen molar-refractivity contribution in [2.24, 2.45) is 4.99 Å². The molecule has 2 aliphatic rings. The first-order valence-corrected chi connectivity index (χ1v) is 14.8. The van der Waals surface area contributed by atoms with Crippen LogP contribution in [0.5, 0.6) is 0 Å². The maximum Gasteiger partial charge on any atom is 0.416 e. The lowest BCUT2D eigenvalue weighted by atomic mass is 9.89. The van der Waals surface area contributed by atoms with E-state index in [9.17, 15) is 36.0 Å². The first-order chi connectivity index (χ1) is 20.1. The lowest BCUT2D eigenvalue weighted by Gasteiger charge is -2.34. The van der Waals surface area contributed by atoms with E-state index >= 15 is 0 Å². The Labute approximate surface area is 247 Å². The van der Waals surface area contributed by atoms with Crippen LogP contribution in [0.3, 0.4) is 0 Å². The average Bonchev–Trinajstić information content (AvgIpc) is 3.26. The van der Waals surface area contributed by atoms with Gasteiger partial charge < -0.3 is 15.0 Å². The quantitative estimate of drug-likeness (QED) is 0.474. The summed E-state index contributed by atoms with van der Waals surface area (Å²) in [5.41, 5.74) is 0.226. The van der Waals surface area contributed by atoms with Gasteiger partial charge in [-0.2, -0.15) is 17.5 Å². The fourth-order valence-corrected chi connectivity index (χ4v) is 6.27. The minimum absolute atomic E-state index is 0.0165. The Balaban J connectivity index is 1.46. The molecular formula is C29H31F3N4O6S. The van der Waals surface area contributed by atoms with Crippen molar-refractivity contribution in [3.8, 4) is 0 Å². The van der Waals surface area contributed by atoms with Crippen molar-refractivity contribution in [2.45, 2.75) is 38.4 Å². The lowest BCUT2D eigenvalue weighted by molar-refractivity contribution is -0.141. The Hall–Kier alpha value is -4.04. The van der Waals surface area contributed by atoms with Crippen molar-refractivity contribution in [2.75, 3.05) is 33.8 Å². The predicted octanol–water partition coefficient (Wildman–Crippen LogP) is 3.28. The van der Waals surface area contributed by atoms with Crippen LogP contribution in [0.2, 0.25) is 0 Å². The van der Waals surface area contributed by atoms with Crippen LogP contribution >= 0.6 is 0 Å². The number of likely N-dealkylation sites (N-methyl/N-ethyl adjacent to an activating group) is 1. The van der Waals surface area contributed by atoms with Gasteiger partial charge >= 0.3 is 12.1 Å². The molecule has 2 aromatic rings. The number of amidine groups is 1. The number of aliphatic imine (C=N–C) groups is 1. The molecule has 0 radical (unpaired) electrons. The Morgan fingerprint density at radius 1 is 1.14 bits per heavy atom. The summed E-state index contributed by atoms with van der Waals surface area (Å²) in [4.78, 5) is 42.8. The number of nitrogens with zero attached hydrogens (tertiary/aromatic N) is 3. The highest BCUT2D eigenvalue weighted by atomic mass is 32.2. The number of hydrogen-bond donors (Lipinski definition) is 1. The molecule has 1 N–H and O–H groups in total. The van der Waals surface area contributed by atoms with E-state index < -0.39 is 45.1 Å². The number of nitrogens with one attached hydrogen (secondary N) is 1. The van der Waals surface area contributed by atoms with Crippen molar-refractivity contribution in [3.63, 3.8) is 0 Å². The van der Waals surface area contributed by atoms with Gasteiger partial charge in [0.1, 0.15) is 17.9 Å². The molecule has 230 valence electrons. The number of carbonyl (C=O) groups excluding carboxylic acids is 3. The largest absolute Gasteiger partial charge is 0.468 e. The number of alkyl halides is 3. The molecule has 0 unspecified atom stereocenters. The number of aryl methyl sites for hydroxylation is 2. The molecule has 1 fully saturated rings. The molecule has 0 aromatic heterocycles. The molecule has 2 aromatic carbocycles. The van der Waals surface area contributed by atoms with Crippen molar-refractivity contribution < 1.29 is 40.7 Å². The number of amides is 2. The van der Waals surface area contributed by atoms with Gasteiger partial charge in [-0.05, 0) is 73.7 Å². The van der Waals surface area contributed by atoms with Gasteiger partial charge in [-0.1, -0.05) is 12.1 Å². The third-order valence-electron chi connectivity index (χ3n) is 7.54. The summed E-state index contributed by atoms with van der Waals surface area (Å²) in [6.07, 6.45) is -2.99. The van der Waals surface area contributed by atoms with Gasteiger partial charge in [-0.3, -0.25) is 19.4 Å². The first kappa shape index (κ1) is 31.9. The van der Waals surface area contributed by atoms with E-state index in [2.05, 4.69) is 15.0 Å². The van der Waals surface area contributed by atoms with Crippen LogP contribution in [0, 0.1) is 13.8 Å². The summed E-state index contributed by atoms with van der Waals surface area (Å²) in [5, 5.41) is 3.63. The molecule has 0 atom stereocenters. The van der Waals surface area contributed by atoms with E-state index in [-0.39, 0.29) is 43.9 Å². The van der Waals surface area contributed by atoms with Gasteiger partial charge in [0.15, 0.2) is 0 Å². The molecule has 1 spiro atoms. The van der Waals surface area contributed by atoms with Gasteiger partial charge in [0.2, 0.25) is 10.0 Å². The minimum atomic E-state index is -4.55. The highest BCUT2D eigenvalue weighted by molar-refractivity contribution is 7.92. The second kappa shape index (κ2) is 11.9. The first-order valence-electron chi connectivity index (χ1n) is 13.3. The highest BCUT2D eigenvalue weighted by Crippen LogP contribution is 2.34. The van der Waals surface area contributed by atoms with E-state index in [0.29, 0.717) is 22.3 Å². The number of halogens is 3. The van der Waals surface area contributed by atoms with Gasteiger partial charge in [0.25, 0.3) is 11.8 Å². The minimum Gasteiger partial charge on any atom is -0.468 e. The van der Waals surface area contributed by atoms with Gasteiger partial charge in [0.05, 0.1) is 12.7 Å². The van der Waals surface area contributed by atoms with Crippen LogP contribution in [-0.4, -0.2) is 80.6 Å². The normalized spacial score (nSPS) is 17.2. The van der Waals surface area contributed by atoms with E-state index in [4.69, 9.17) is 0 Å². The van der Waals surface area contributed by atoms with Gasteiger partial charge in [0, 0.05) is 36.7 Å². The summed E-state index contributed by atoms with van der Waals surface area (Å²) < 4.78 is 71.6. The second-order valence-electron chi connectivity index (χ2n) is 10.5. The van der Waals surface area contributed by atoms with Crippen molar-refractivity contribution in [1.82, 2.24) is 14.5 Å². The van der Waals surface area contributed by atoms with Crippen molar-refractivity contribution >= 4 is 39.7 Å². The Kier molecular flexibility index (Phi) is 8.84. The number of rotatable bonds is 7. The van der Waals surface area contributed by atoms with Crippen molar-refractivity contribution in [1.29, 1.82) is 0 Å². The van der Waals surface area contributed by atoms with E-state index in [1.807, 2.05) is 0 Å². The molecule has 0 bridgehead atoms. The average molecular weight is 621 g/mol. The van der Waals surface area contributed by atoms with Crippen LogP contribution < -0.4 is 5.32 Å². The number of hydrogen-bond acceptors (Lipinski definition) is 7. The summed E-state index contributed by atoms with van der Waals surface area (Å²) in [5.74, 6) is -1.41. The Morgan fingerprint density at radius 3 is 2.35 bits per heavy atom. The molecule has 0 aliphatic carbocycles. The van der Waals surface area contributed by atoms with Crippen LogP contribution in [0.1, 0.15) is 51.0 Å². The van der Waals surface area contributed by atoms with Gasteiger partial charge in [-0.15, -0.1) is 0 Å². The van der Waals surface area contributed by atoms with Crippen molar-refractivity contribution in [3.05, 3.63) is 75.2 Å². The third kappa shape index (κ3) is 6.80. The molecule has 4 rings (SSSR count). The van der Waals surface area contributed by atoms with Crippen LogP contribution in [0.15, 0.2) is 46.8 Å². The molecule has 2 heterocycles. The topological polar surface area (TPSA) is 125 Å². The number of esters is 1. The summed E-state index contributed by atoms with van der Waals surface area (Å²) in [6, 6.07) is 7.71. The molecular weight excluding hydrogens is 589 g/mol. The number of methoxy groups -OCH3 is 1. The van der Waals surface area contributed by atoms with Crippen LogP contribution in [0.25, 0.3) is 6.08 Å². The lowest BCUT2D eigenvalue weighted by Crippen LogP contribution is -2.50. The standard InChI is InChI=1S/C29H31F3N4O6S/c1-18-14-21(26(38)35(3)17-24(37)42-4)15-19(2)23(18)8-13-43(40,41)36-11-9-28(10-12-36)27(39)33-25(34-28)20-6-5-7-22(16-20)29(30,31)32/h5-8,13-16H,9-12,17H2,1-4H3,(H,33,34,39)/b13-8+. The highest BCUT2D eigenvalue weighted by Gasteiger charge is 2.47. The third-order valence-corrected chi connectivity index (χ3v) is 9.11. The smallest absolute Gasteiger partial charge is 0.416 e. The number of ether oxygens (including phenoxy) is 1. The number of piperidine rings is 1. The Morgan fingerprint density at radius 2 is 1.77 bits per heavy atom. The summed E-state index contributed by atoms with van der Waals surface area (Å²) in [7, 11) is -1.20. The predicted molar refractivity (Wildman–Crippen MR) is 153 cm³/mol. The fraction of sp³-hybridized carbons (Fsp3) is 0.379. The van der Waals surface area contributed by atoms with Crippen LogP contribution in [-0.2, 0) is 30.5 Å². The zero-order valence-electron chi connectivity index (χ0n) is 24.0. The van der Waals surface area contributed by atoms with Crippen LogP contribution in [0.4, 0.5) is 13.2 Å². The molecule has 2 aliphatic heterocycles. The molecule has 0 saturated carbocycles. The molecule has 43 heavy (non-hydrogen) atoms. The SMILES string of the molecule is COC(=O)CN(C)C(=O)c1cc(C)c(/C=C/S(=O)(=O)N2CCC3(CC2)N=C(c2cccc(C(F)(F)F)c2)NC3=O)c(C)c1. The monoisotopic (exact) mass is 620 g/mol. The summed E-state index contributed by atoms with van der Waals surface area (Å²) in [6.45, 7) is 3.22. The van der Waals surface area contributed by atoms with E-state index in [1.54, 1.807) is 26.0 Å². The van der Waals surface area contributed by atoms with Gasteiger partial charge in [-0.25, -0.2) is 8.42 Å². The maximum atomic E-state index is 13.2. The zero-order valence-corrected chi connectivity index (χ0v) is 24.8. The number of sulfonamides is 1. The molecule has 1 saturated heterocycles. The number of benzene rings is 2. The summed E-state index contributed by atoms with van der Waals surface area (Å²) >= 11 is 0. The molecule has 2 amide bonds. The van der Waals surface area contributed by atoms with E-state index in [1.165, 1.54) is 41.6 Å². The second-order valence-corrected chi connectivity index (χ2v) is 12.4. The fourth-order valence-electron chi connectivity index (χ4n) is 5.10. The molecule has 14 heteroatoms. The Bertz CT molecular complexity index is 1600. The number of carbonyl (C=O) groups is 3. The van der Waals surface area contributed by atoms with E-state index in [0.717, 1.165) is 17.5 Å². The zero-order chi connectivity index (χ0) is 31.7. The molecule has 10 nitrogen and oxygen atoms in total. The maximum absolute atomic E-state index is 13.2.